The van der Waals surface area contributed by atoms with Gasteiger partial charge in [0.25, 0.3) is 0 Å². The topological polar surface area (TPSA) is 21.3 Å². The van der Waals surface area contributed by atoms with E-state index in [0.717, 1.165) is 19.1 Å². The second-order valence-electron chi connectivity index (χ2n) is 3.08. The highest BCUT2D eigenvalue weighted by Crippen LogP contribution is 2.17. The summed E-state index contributed by atoms with van der Waals surface area (Å²) >= 11 is 2.02. The van der Waals surface area contributed by atoms with Crippen LogP contribution >= 0.6 is 11.8 Å². The molecule has 1 N–H and O–H groups in total. The molecule has 1 heterocycles. The maximum atomic E-state index is 5.00. The van der Waals surface area contributed by atoms with Gasteiger partial charge in [0.1, 0.15) is 0 Å². The molecule has 0 aliphatic carbocycles. The zero-order valence-electron chi connectivity index (χ0n) is 7.30. The van der Waals surface area contributed by atoms with Crippen molar-refractivity contribution >= 4 is 11.8 Å². The predicted molar refractivity (Wildman–Crippen MR) is 50.2 cm³/mol. The van der Waals surface area contributed by atoms with Gasteiger partial charge in [0.2, 0.25) is 0 Å². The van der Waals surface area contributed by atoms with Crippen molar-refractivity contribution in [1.82, 2.24) is 5.32 Å². The van der Waals surface area contributed by atoms with Crippen molar-refractivity contribution in [3.8, 4) is 0 Å². The number of nitrogens with one attached hydrogen (secondary N) is 1. The minimum absolute atomic E-state index is 0.612. The lowest BCUT2D eigenvalue weighted by molar-refractivity contribution is 0.183. The van der Waals surface area contributed by atoms with Crippen LogP contribution in [-0.4, -0.2) is 37.3 Å². The molecule has 1 aliphatic rings. The normalized spacial score (nSPS) is 21.3. The van der Waals surface area contributed by atoms with E-state index in [-0.39, 0.29) is 0 Å². The second-order valence-corrected chi connectivity index (χ2v) is 4.16. The number of methoxy groups -OCH3 is 1. The summed E-state index contributed by atoms with van der Waals surface area (Å²) in [6.07, 6.45) is 1.12. The van der Waals surface area contributed by atoms with Gasteiger partial charge in [0, 0.05) is 37.3 Å². The number of hydrogen-bond donors (Lipinski definition) is 1. The fourth-order valence-corrected chi connectivity index (χ4v) is 1.78. The van der Waals surface area contributed by atoms with Crippen molar-refractivity contribution < 1.29 is 4.74 Å². The Labute approximate surface area is 73.1 Å². The van der Waals surface area contributed by atoms with Crippen LogP contribution in [-0.2, 0) is 4.74 Å². The van der Waals surface area contributed by atoms with Gasteiger partial charge in [-0.25, -0.2) is 0 Å². The average Bonchev–Trinajstić information content (AvgIpc) is 1.93. The molecule has 0 bridgehead atoms. The van der Waals surface area contributed by atoms with Gasteiger partial charge in [-0.05, 0) is 13.3 Å². The molecule has 0 radical (unpaired) electrons. The SMILES string of the molecule is COCCC(C)NC1CSC1. The molecule has 3 heteroatoms. The summed E-state index contributed by atoms with van der Waals surface area (Å²) in [7, 11) is 1.76. The van der Waals surface area contributed by atoms with Gasteiger partial charge in [-0.2, -0.15) is 11.8 Å². The lowest BCUT2D eigenvalue weighted by Gasteiger charge is -2.29. The lowest BCUT2D eigenvalue weighted by Crippen LogP contribution is -2.45. The molecule has 0 aromatic carbocycles. The Morgan fingerprint density at radius 3 is 2.82 bits per heavy atom. The van der Waals surface area contributed by atoms with E-state index in [4.69, 9.17) is 4.74 Å². The molecule has 0 saturated carbocycles. The first kappa shape index (κ1) is 9.36. The maximum absolute atomic E-state index is 5.00. The molecule has 1 unspecified atom stereocenters. The highest BCUT2D eigenvalue weighted by atomic mass is 32.2. The smallest absolute Gasteiger partial charge is 0.0476 e. The molecule has 1 rings (SSSR count). The fraction of sp³-hybridized carbons (Fsp3) is 1.00. The largest absolute Gasteiger partial charge is 0.385 e. The quantitative estimate of drug-likeness (QED) is 0.676. The molecule has 0 amide bonds. The van der Waals surface area contributed by atoms with Crippen LogP contribution in [0, 0.1) is 0 Å². The summed E-state index contributed by atoms with van der Waals surface area (Å²) in [5, 5.41) is 3.55. The summed E-state index contributed by atoms with van der Waals surface area (Å²) in [4.78, 5) is 0. The van der Waals surface area contributed by atoms with E-state index < -0.39 is 0 Å². The van der Waals surface area contributed by atoms with E-state index in [9.17, 15) is 0 Å². The Balaban J connectivity index is 1.95. The van der Waals surface area contributed by atoms with Crippen LogP contribution in [0.25, 0.3) is 0 Å². The van der Waals surface area contributed by atoms with Gasteiger partial charge in [0.05, 0.1) is 0 Å². The van der Waals surface area contributed by atoms with E-state index in [1.165, 1.54) is 11.5 Å². The Bertz CT molecular complexity index is 106. The van der Waals surface area contributed by atoms with Gasteiger partial charge in [-0.3, -0.25) is 0 Å². The summed E-state index contributed by atoms with van der Waals surface area (Å²) in [6, 6.07) is 1.38. The molecular formula is C8H17NOS. The third-order valence-corrected chi connectivity index (χ3v) is 3.19. The van der Waals surface area contributed by atoms with E-state index in [0.29, 0.717) is 6.04 Å². The zero-order valence-corrected chi connectivity index (χ0v) is 8.12. The molecule has 1 fully saturated rings. The number of rotatable bonds is 5. The standard InChI is InChI=1S/C8H17NOS/c1-7(3-4-10-2)9-8-5-11-6-8/h7-9H,3-6H2,1-2H3. The van der Waals surface area contributed by atoms with Crippen LogP contribution in [0.3, 0.4) is 0 Å². The molecular weight excluding hydrogens is 158 g/mol. The number of ether oxygens (including phenoxy) is 1. The minimum Gasteiger partial charge on any atom is -0.385 e. The van der Waals surface area contributed by atoms with E-state index in [1.54, 1.807) is 7.11 Å². The van der Waals surface area contributed by atoms with Crippen LogP contribution in [0.4, 0.5) is 0 Å². The van der Waals surface area contributed by atoms with Crippen LogP contribution in [0.15, 0.2) is 0 Å². The van der Waals surface area contributed by atoms with Gasteiger partial charge in [-0.15, -0.1) is 0 Å². The average molecular weight is 175 g/mol. The summed E-state index contributed by atoms with van der Waals surface area (Å²) in [6.45, 7) is 3.09. The molecule has 0 spiro atoms. The number of thioether (sulfide) groups is 1. The minimum atomic E-state index is 0.612. The second kappa shape index (κ2) is 5.01. The Morgan fingerprint density at radius 2 is 2.36 bits per heavy atom. The third-order valence-electron chi connectivity index (χ3n) is 1.91. The fourth-order valence-electron chi connectivity index (χ4n) is 1.11. The lowest BCUT2D eigenvalue weighted by atomic mass is 10.2. The van der Waals surface area contributed by atoms with Crippen molar-refractivity contribution in [2.24, 2.45) is 0 Å². The van der Waals surface area contributed by atoms with Gasteiger partial charge in [-0.1, -0.05) is 0 Å². The van der Waals surface area contributed by atoms with Gasteiger partial charge < -0.3 is 10.1 Å². The summed E-state index contributed by atoms with van der Waals surface area (Å²) < 4.78 is 5.00. The van der Waals surface area contributed by atoms with Gasteiger partial charge in [0.15, 0.2) is 0 Å². The highest BCUT2D eigenvalue weighted by molar-refractivity contribution is 8.00. The molecule has 11 heavy (non-hydrogen) atoms. The molecule has 2 nitrogen and oxygen atoms in total. The first-order chi connectivity index (χ1) is 5.33. The molecule has 0 aromatic heterocycles. The van der Waals surface area contributed by atoms with E-state index >= 15 is 0 Å². The van der Waals surface area contributed by atoms with E-state index in [2.05, 4.69) is 12.2 Å². The summed E-state index contributed by atoms with van der Waals surface area (Å²) in [5.41, 5.74) is 0. The Hall–Kier alpha value is 0.270. The van der Waals surface area contributed by atoms with Gasteiger partial charge >= 0.3 is 0 Å². The van der Waals surface area contributed by atoms with Crippen LogP contribution < -0.4 is 5.32 Å². The molecule has 1 aliphatic heterocycles. The van der Waals surface area contributed by atoms with Crippen LogP contribution in [0.2, 0.25) is 0 Å². The number of hydrogen-bond acceptors (Lipinski definition) is 3. The Kier molecular flexibility index (Phi) is 4.26. The summed E-state index contributed by atoms with van der Waals surface area (Å²) in [5.74, 6) is 2.58. The zero-order chi connectivity index (χ0) is 8.10. The van der Waals surface area contributed by atoms with Crippen LogP contribution in [0.1, 0.15) is 13.3 Å². The maximum Gasteiger partial charge on any atom is 0.0476 e. The molecule has 1 atom stereocenters. The third kappa shape index (κ3) is 3.45. The van der Waals surface area contributed by atoms with Crippen molar-refractivity contribution in [2.75, 3.05) is 25.2 Å². The van der Waals surface area contributed by atoms with Crippen molar-refractivity contribution in [2.45, 2.75) is 25.4 Å². The highest BCUT2D eigenvalue weighted by Gasteiger charge is 2.18. The van der Waals surface area contributed by atoms with E-state index in [1.807, 2.05) is 11.8 Å². The van der Waals surface area contributed by atoms with Crippen molar-refractivity contribution in [3.05, 3.63) is 0 Å². The van der Waals surface area contributed by atoms with Crippen molar-refractivity contribution in [3.63, 3.8) is 0 Å². The molecule has 66 valence electrons. The van der Waals surface area contributed by atoms with Crippen LogP contribution in [0.5, 0.6) is 0 Å². The predicted octanol–water partition coefficient (Wildman–Crippen LogP) is 1.12. The monoisotopic (exact) mass is 175 g/mol. The molecule has 1 saturated heterocycles. The first-order valence-electron chi connectivity index (χ1n) is 4.15. The molecule has 0 aromatic rings. The van der Waals surface area contributed by atoms with Crippen molar-refractivity contribution in [1.29, 1.82) is 0 Å². The first-order valence-corrected chi connectivity index (χ1v) is 5.31. The Morgan fingerprint density at radius 1 is 1.64 bits per heavy atom.